The second-order valence-electron chi connectivity index (χ2n) is 3.27. The molecule has 0 aliphatic heterocycles. The fourth-order valence-electron chi connectivity index (χ4n) is 1.44. The lowest BCUT2D eigenvalue weighted by Crippen LogP contribution is -2.14. The van der Waals surface area contributed by atoms with E-state index >= 15 is 0 Å². The van der Waals surface area contributed by atoms with E-state index in [2.05, 4.69) is 14.7 Å². The van der Waals surface area contributed by atoms with E-state index in [1.165, 1.54) is 18.5 Å². The van der Waals surface area contributed by atoms with E-state index in [0.717, 1.165) is 11.1 Å². The minimum Gasteiger partial charge on any atom is -0.343 e. The average molecular weight is 207 g/mol. The van der Waals surface area contributed by atoms with Gasteiger partial charge in [0.25, 0.3) is 0 Å². The number of hydrogen-bond acceptors (Lipinski definition) is 4. The summed E-state index contributed by atoms with van der Waals surface area (Å²) in [6.45, 7) is 1.79. The summed E-state index contributed by atoms with van der Waals surface area (Å²) in [4.78, 5) is 3.86. The van der Waals surface area contributed by atoms with Crippen LogP contribution in [0, 0.1) is 12.7 Å². The zero-order chi connectivity index (χ0) is 10.8. The fraction of sp³-hybridized carbons (Fsp3) is 0.200. The van der Waals surface area contributed by atoms with Crippen LogP contribution < -0.4 is 5.73 Å². The van der Waals surface area contributed by atoms with Crippen LogP contribution in [0.4, 0.5) is 4.39 Å². The maximum absolute atomic E-state index is 12.9. The lowest BCUT2D eigenvalue weighted by Gasteiger charge is -2.10. The van der Waals surface area contributed by atoms with E-state index in [1.807, 2.05) is 0 Å². The first-order valence-electron chi connectivity index (χ1n) is 4.46. The summed E-state index contributed by atoms with van der Waals surface area (Å²) in [6, 6.07) is 3.94. The van der Waals surface area contributed by atoms with Crippen molar-refractivity contribution >= 4 is 0 Å². The van der Waals surface area contributed by atoms with E-state index in [9.17, 15) is 4.39 Å². The van der Waals surface area contributed by atoms with E-state index in [-0.39, 0.29) is 5.82 Å². The van der Waals surface area contributed by atoms with Gasteiger partial charge in [-0.25, -0.2) is 4.39 Å². The van der Waals surface area contributed by atoms with Gasteiger partial charge in [-0.3, -0.25) is 0 Å². The van der Waals surface area contributed by atoms with Gasteiger partial charge < -0.3 is 10.3 Å². The molecule has 0 spiro atoms. The number of hydrogen-bond donors (Lipinski definition) is 1. The Bertz CT molecular complexity index is 456. The van der Waals surface area contributed by atoms with Gasteiger partial charge in [0.2, 0.25) is 6.39 Å². The van der Waals surface area contributed by atoms with Gasteiger partial charge in [0.15, 0.2) is 5.82 Å². The molecular weight excluding hydrogens is 197 g/mol. The summed E-state index contributed by atoms with van der Waals surface area (Å²) in [6.07, 6.45) is 1.22. The van der Waals surface area contributed by atoms with Crippen LogP contribution in [0.25, 0.3) is 0 Å². The Labute approximate surface area is 85.9 Å². The highest BCUT2D eigenvalue weighted by Crippen LogP contribution is 2.20. The topological polar surface area (TPSA) is 64.9 Å². The predicted molar refractivity (Wildman–Crippen MR) is 51.5 cm³/mol. The number of benzene rings is 1. The van der Waals surface area contributed by atoms with E-state index in [4.69, 9.17) is 5.73 Å². The minimum absolute atomic E-state index is 0.281. The van der Waals surface area contributed by atoms with Crippen molar-refractivity contribution in [2.75, 3.05) is 0 Å². The monoisotopic (exact) mass is 207 g/mol. The van der Waals surface area contributed by atoms with Gasteiger partial charge in [-0.1, -0.05) is 11.2 Å². The molecular formula is C10H10FN3O. The van der Waals surface area contributed by atoms with Crippen molar-refractivity contribution < 1.29 is 8.91 Å². The SMILES string of the molecule is Cc1cc(F)ccc1C(N)c1ncon1. The number of aromatic nitrogens is 2. The number of aryl methyl sites for hydroxylation is 1. The summed E-state index contributed by atoms with van der Waals surface area (Å²) >= 11 is 0. The number of halogens is 1. The minimum atomic E-state index is -0.482. The van der Waals surface area contributed by atoms with Crippen molar-refractivity contribution in [2.24, 2.45) is 5.73 Å². The molecule has 0 radical (unpaired) electrons. The van der Waals surface area contributed by atoms with Gasteiger partial charge in [0.1, 0.15) is 5.82 Å². The Morgan fingerprint density at radius 3 is 2.87 bits per heavy atom. The summed E-state index contributed by atoms with van der Waals surface area (Å²) < 4.78 is 17.5. The van der Waals surface area contributed by atoms with Crippen LogP contribution in [0.2, 0.25) is 0 Å². The molecule has 0 amide bonds. The summed E-state index contributed by atoms with van der Waals surface area (Å²) in [7, 11) is 0. The molecule has 2 N–H and O–H groups in total. The first-order valence-corrected chi connectivity index (χ1v) is 4.46. The maximum atomic E-state index is 12.9. The fourth-order valence-corrected chi connectivity index (χ4v) is 1.44. The standard InChI is InChI=1S/C10H10FN3O/c1-6-4-7(11)2-3-8(6)9(12)10-13-5-15-14-10/h2-5,9H,12H2,1H3. The van der Waals surface area contributed by atoms with Gasteiger partial charge in [-0.05, 0) is 30.2 Å². The maximum Gasteiger partial charge on any atom is 0.213 e. The van der Waals surface area contributed by atoms with Crippen LogP contribution in [0.5, 0.6) is 0 Å². The van der Waals surface area contributed by atoms with Gasteiger partial charge >= 0.3 is 0 Å². The quantitative estimate of drug-likeness (QED) is 0.811. The molecule has 5 heteroatoms. The molecule has 0 bridgehead atoms. The lowest BCUT2D eigenvalue weighted by atomic mass is 10.0. The number of nitrogens with zero attached hydrogens (tertiary/aromatic N) is 2. The smallest absolute Gasteiger partial charge is 0.213 e. The van der Waals surface area contributed by atoms with E-state index in [0.29, 0.717) is 5.82 Å². The third-order valence-corrected chi connectivity index (χ3v) is 2.22. The van der Waals surface area contributed by atoms with Crippen molar-refractivity contribution in [3.8, 4) is 0 Å². The van der Waals surface area contributed by atoms with E-state index in [1.54, 1.807) is 13.0 Å². The van der Waals surface area contributed by atoms with Crippen LogP contribution in [0.15, 0.2) is 29.1 Å². The Morgan fingerprint density at radius 2 is 2.27 bits per heavy atom. The van der Waals surface area contributed by atoms with Gasteiger partial charge in [-0.15, -0.1) is 0 Å². The Balaban J connectivity index is 2.38. The largest absolute Gasteiger partial charge is 0.343 e. The molecule has 15 heavy (non-hydrogen) atoms. The Kier molecular flexibility index (Phi) is 2.47. The van der Waals surface area contributed by atoms with Crippen molar-refractivity contribution in [3.63, 3.8) is 0 Å². The third-order valence-electron chi connectivity index (χ3n) is 2.22. The van der Waals surface area contributed by atoms with Gasteiger partial charge in [0.05, 0.1) is 6.04 Å². The number of nitrogens with two attached hydrogens (primary N) is 1. The molecule has 0 aliphatic rings. The highest BCUT2D eigenvalue weighted by Gasteiger charge is 2.15. The van der Waals surface area contributed by atoms with Crippen molar-refractivity contribution in [2.45, 2.75) is 13.0 Å². The Morgan fingerprint density at radius 1 is 1.47 bits per heavy atom. The number of rotatable bonds is 2. The predicted octanol–water partition coefficient (Wildman–Crippen LogP) is 1.57. The first-order chi connectivity index (χ1) is 7.18. The molecule has 78 valence electrons. The zero-order valence-corrected chi connectivity index (χ0v) is 8.14. The summed E-state index contributed by atoms with van der Waals surface area (Å²) in [5.41, 5.74) is 7.46. The molecule has 1 unspecified atom stereocenters. The Hall–Kier alpha value is -1.75. The molecule has 0 aliphatic carbocycles. The molecule has 0 saturated carbocycles. The molecule has 2 aromatic rings. The van der Waals surface area contributed by atoms with Crippen molar-refractivity contribution in [3.05, 3.63) is 47.4 Å². The summed E-state index contributed by atoms with van der Waals surface area (Å²) in [5, 5.41) is 3.65. The highest BCUT2D eigenvalue weighted by molar-refractivity contribution is 5.32. The van der Waals surface area contributed by atoms with Crippen LogP contribution in [-0.2, 0) is 0 Å². The highest BCUT2D eigenvalue weighted by atomic mass is 19.1. The summed E-state index contributed by atoms with van der Waals surface area (Å²) in [5.74, 6) is 0.112. The second-order valence-corrected chi connectivity index (χ2v) is 3.27. The van der Waals surface area contributed by atoms with Crippen molar-refractivity contribution in [1.82, 2.24) is 10.1 Å². The second kappa shape index (κ2) is 3.78. The molecule has 1 aromatic carbocycles. The molecule has 2 rings (SSSR count). The van der Waals surface area contributed by atoms with Crippen LogP contribution in [0.3, 0.4) is 0 Å². The normalized spacial score (nSPS) is 12.7. The van der Waals surface area contributed by atoms with Gasteiger partial charge in [-0.2, -0.15) is 4.98 Å². The molecule has 1 heterocycles. The van der Waals surface area contributed by atoms with Crippen LogP contribution >= 0.6 is 0 Å². The molecule has 0 fully saturated rings. The average Bonchev–Trinajstić information content (AvgIpc) is 2.69. The van der Waals surface area contributed by atoms with Crippen LogP contribution in [0.1, 0.15) is 23.0 Å². The molecule has 1 atom stereocenters. The van der Waals surface area contributed by atoms with E-state index < -0.39 is 6.04 Å². The first kappa shape index (κ1) is 9.79. The van der Waals surface area contributed by atoms with Crippen molar-refractivity contribution in [1.29, 1.82) is 0 Å². The zero-order valence-electron chi connectivity index (χ0n) is 8.14. The lowest BCUT2D eigenvalue weighted by molar-refractivity contribution is 0.407. The third kappa shape index (κ3) is 1.87. The molecule has 4 nitrogen and oxygen atoms in total. The van der Waals surface area contributed by atoms with Crippen LogP contribution in [-0.4, -0.2) is 10.1 Å². The molecule has 0 saturated heterocycles. The van der Waals surface area contributed by atoms with Gasteiger partial charge in [0, 0.05) is 0 Å². The molecule has 1 aromatic heterocycles.